The summed E-state index contributed by atoms with van der Waals surface area (Å²) in [5, 5.41) is 4.84. The Hall–Kier alpha value is -2.46. The summed E-state index contributed by atoms with van der Waals surface area (Å²) in [7, 11) is 0. The van der Waals surface area contributed by atoms with Crippen LogP contribution in [-0.4, -0.2) is 16.9 Å². The van der Waals surface area contributed by atoms with Gasteiger partial charge < -0.3 is 5.32 Å². The highest BCUT2D eigenvalue weighted by Crippen LogP contribution is 2.48. The summed E-state index contributed by atoms with van der Waals surface area (Å²) < 4.78 is 13.9. The monoisotopic (exact) mass is 422 g/mol. The lowest BCUT2D eigenvalue weighted by molar-refractivity contribution is 0.0825. The Morgan fingerprint density at radius 3 is 2.63 bits per heavy atom. The molecule has 5 heteroatoms. The minimum atomic E-state index is -0.209. The maximum absolute atomic E-state index is 13.9. The molecule has 30 heavy (non-hydrogen) atoms. The van der Waals surface area contributed by atoms with Crippen LogP contribution in [0.2, 0.25) is 5.02 Å². The minimum absolute atomic E-state index is 0.0205. The summed E-state index contributed by atoms with van der Waals surface area (Å²) in [6, 6.07) is 14.2. The molecule has 1 aromatic heterocycles. The molecule has 0 radical (unpaired) electrons. The van der Waals surface area contributed by atoms with Crippen LogP contribution >= 0.6 is 11.6 Å². The van der Waals surface area contributed by atoms with Gasteiger partial charge in [-0.25, -0.2) is 4.39 Å². The number of hydrogen-bond donors (Lipinski definition) is 1. The van der Waals surface area contributed by atoms with Gasteiger partial charge in [0, 0.05) is 28.2 Å². The van der Waals surface area contributed by atoms with E-state index in [1.807, 2.05) is 6.20 Å². The smallest absolute Gasteiger partial charge is 0.251 e. The van der Waals surface area contributed by atoms with E-state index in [1.165, 1.54) is 11.6 Å². The van der Waals surface area contributed by atoms with Gasteiger partial charge in [-0.15, -0.1) is 0 Å². The van der Waals surface area contributed by atoms with Crippen LogP contribution in [0.4, 0.5) is 4.39 Å². The number of benzene rings is 2. The fraction of sp³-hybridized carbons (Fsp3) is 0.360. The zero-order valence-corrected chi connectivity index (χ0v) is 17.4. The zero-order valence-electron chi connectivity index (χ0n) is 16.7. The second-order valence-corrected chi connectivity index (χ2v) is 9.10. The molecule has 2 aliphatic carbocycles. The van der Waals surface area contributed by atoms with Crippen LogP contribution in [0.1, 0.15) is 53.9 Å². The van der Waals surface area contributed by atoms with Crippen LogP contribution in [0.25, 0.3) is 10.9 Å². The van der Waals surface area contributed by atoms with Gasteiger partial charge in [-0.1, -0.05) is 11.6 Å². The van der Waals surface area contributed by atoms with Crippen molar-refractivity contribution >= 4 is 28.4 Å². The van der Waals surface area contributed by atoms with Gasteiger partial charge in [-0.05, 0) is 104 Å². The first-order valence-corrected chi connectivity index (χ1v) is 11.1. The molecule has 1 N–H and O–H groups in total. The Kier molecular flexibility index (Phi) is 5.20. The summed E-state index contributed by atoms with van der Waals surface area (Å²) >= 11 is 5.93. The first-order chi connectivity index (χ1) is 14.6. The van der Waals surface area contributed by atoms with Gasteiger partial charge in [0.05, 0.1) is 5.52 Å². The second kappa shape index (κ2) is 7.99. The van der Waals surface area contributed by atoms with Crippen molar-refractivity contribution in [2.75, 3.05) is 0 Å². The van der Waals surface area contributed by atoms with E-state index in [2.05, 4.69) is 16.4 Å². The second-order valence-electron chi connectivity index (χ2n) is 8.67. The fourth-order valence-electron chi connectivity index (χ4n) is 5.53. The molecule has 5 rings (SSSR count). The molecule has 0 saturated heterocycles. The topological polar surface area (TPSA) is 42.0 Å². The number of halogens is 2. The SMILES string of the molecule is O=C(N[C@@H]1CC[C@@H]2C[C@@H]1CC[C@@H]2c1ccnc2ccc(F)cc12)c1ccc(Cl)cc1. The number of nitrogens with zero attached hydrogens (tertiary/aromatic N) is 1. The molecule has 1 amide bonds. The molecular weight excluding hydrogens is 399 g/mol. The van der Waals surface area contributed by atoms with Gasteiger partial charge in [0.25, 0.3) is 5.91 Å². The first kappa shape index (κ1) is 19.5. The van der Waals surface area contributed by atoms with E-state index in [1.54, 1.807) is 36.4 Å². The number of nitrogens with one attached hydrogen (secondary N) is 1. The number of hydrogen-bond acceptors (Lipinski definition) is 2. The highest BCUT2D eigenvalue weighted by Gasteiger charge is 2.40. The Morgan fingerprint density at radius 2 is 1.80 bits per heavy atom. The molecule has 0 unspecified atom stereocenters. The predicted molar refractivity (Wildman–Crippen MR) is 117 cm³/mol. The number of pyridine rings is 1. The van der Waals surface area contributed by atoms with Crippen molar-refractivity contribution in [3.05, 3.63) is 76.7 Å². The van der Waals surface area contributed by atoms with Crippen LogP contribution < -0.4 is 5.32 Å². The molecular formula is C25H24ClFN2O. The third-order valence-electron chi connectivity index (χ3n) is 7.00. The molecule has 2 aromatic carbocycles. The predicted octanol–water partition coefficient (Wildman–Crippen LogP) is 6.12. The van der Waals surface area contributed by atoms with Crippen molar-refractivity contribution in [2.24, 2.45) is 11.8 Å². The Labute approximate surface area is 180 Å². The number of aromatic nitrogens is 1. The van der Waals surface area contributed by atoms with E-state index < -0.39 is 0 Å². The third-order valence-corrected chi connectivity index (χ3v) is 7.25. The molecule has 154 valence electrons. The van der Waals surface area contributed by atoms with Gasteiger partial charge in [-0.2, -0.15) is 0 Å². The zero-order chi connectivity index (χ0) is 20.7. The van der Waals surface area contributed by atoms with Gasteiger partial charge >= 0.3 is 0 Å². The highest BCUT2D eigenvalue weighted by molar-refractivity contribution is 6.30. The number of carbonyl (C=O) groups is 1. The summed E-state index contributed by atoms with van der Waals surface area (Å²) in [5.41, 5.74) is 2.74. The van der Waals surface area contributed by atoms with Gasteiger partial charge in [0.1, 0.15) is 5.82 Å². The van der Waals surface area contributed by atoms with E-state index in [0.717, 1.165) is 43.0 Å². The highest BCUT2D eigenvalue weighted by atomic mass is 35.5. The lowest BCUT2D eigenvalue weighted by Crippen LogP contribution is -2.46. The number of rotatable bonds is 3. The number of carbonyl (C=O) groups excluding carboxylic acids is 1. The lowest BCUT2D eigenvalue weighted by Gasteiger charge is -2.45. The average Bonchev–Trinajstić information content (AvgIpc) is 2.76. The van der Waals surface area contributed by atoms with Gasteiger partial charge in [0.15, 0.2) is 0 Å². The van der Waals surface area contributed by atoms with Crippen LogP contribution in [0.3, 0.4) is 0 Å². The van der Waals surface area contributed by atoms with Gasteiger partial charge in [-0.3, -0.25) is 9.78 Å². The lowest BCUT2D eigenvalue weighted by atomic mass is 9.63. The van der Waals surface area contributed by atoms with Crippen molar-refractivity contribution < 1.29 is 9.18 Å². The quantitative estimate of drug-likeness (QED) is 0.552. The molecule has 2 bridgehead atoms. The van der Waals surface area contributed by atoms with Crippen molar-refractivity contribution in [2.45, 2.75) is 44.1 Å². The first-order valence-electron chi connectivity index (χ1n) is 10.7. The number of fused-ring (bicyclic) bond motifs is 3. The molecule has 3 aromatic rings. The molecule has 3 nitrogen and oxygen atoms in total. The molecule has 0 aliphatic heterocycles. The summed E-state index contributed by atoms with van der Waals surface area (Å²) in [4.78, 5) is 17.1. The fourth-order valence-corrected chi connectivity index (χ4v) is 5.66. The average molecular weight is 423 g/mol. The minimum Gasteiger partial charge on any atom is -0.349 e. The summed E-state index contributed by atoms with van der Waals surface area (Å²) in [6.07, 6.45) is 7.16. The van der Waals surface area contributed by atoms with E-state index in [0.29, 0.717) is 28.3 Å². The third kappa shape index (κ3) is 3.69. The normalized spacial score (nSPS) is 25.8. The van der Waals surface area contributed by atoms with E-state index in [-0.39, 0.29) is 17.8 Å². The van der Waals surface area contributed by atoms with Gasteiger partial charge in [0.2, 0.25) is 0 Å². The van der Waals surface area contributed by atoms with Crippen LogP contribution in [0.15, 0.2) is 54.7 Å². The van der Waals surface area contributed by atoms with Crippen LogP contribution in [0.5, 0.6) is 0 Å². The Bertz CT molecular complexity index is 1080. The van der Waals surface area contributed by atoms with Crippen molar-refractivity contribution in [1.82, 2.24) is 10.3 Å². The van der Waals surface area contributed by atoms with Crippen molar-refractivity contribution in [3.8, 4) is 0 Å². The van der Waals surface area contributed by atoms with E-state index in [9.17, 15) is 9.18 Å². The molecule has 4 atom stereocenters. The summed E-state index contributed by atoms with van der Waals surface area (Å²) in [6.45, 7) is 0. The standard InChI is InChI=1S/C25H24ClFN2O/c26-18-5-1-15(2-6-18)25(30)29-23-9-4-16-13-17(23)3-8-20(16)21-11-12-28-24-10-7-19(27)14-22(21)24/h1-2,5-7,10-12,14,16-17,20,23H,3-4,8-9,13H2,(H,29,30)/t16-,17+,20+,23-/m1/s1. The van der Waals surface area contributed by atoms with Crippen molar-refractivity contribution in [3.63, 3.8) is 0 Å². The summed E-state index contributed by atoms with van der Waals surface area (Å²) in [5.74, 6) is 1.27. The molecule has 2 saturated carbocycles. The van der Waals surface area contributed by atoms with E-state index >= 15 is 0 Å². The maximum Gasteiger partial charge on any atom is 0.251 e. The molecule has 2 aliphatic rings. The molecule has 2 fully saturated rings. The largest absolute Gasteiger partial charge is 0.349 e. The van der Waals surface area contributed by atoms with Crippen LogP contribution in [-0.2, 0) is 0 Å². The van der Waals surface area contributed by atoms with Crippen molar-refractivity contribution in [1.29, 1.82) is 0 Å². The van der Waals surface area contributed by atoms with E-state index in [4.69, 9.17) is 11.6 Å². The Morgan fingerprint density at radius 1 is 1.00 bits per heavy atom. The molecule has 0 spiro atoms. The molecule has 1 heterocycles. The Balaban J connectivity index is 1.31. The maximum atomic E-state index is 13.9. The van der Waals surface area contributed by atoms with Crippen LogP contribution in [0, 0.1) is 17.7 Å². The number of amides is 1.